The maximum Gasteiger partial charge on any atom is 0.258 e. The summed E-state index contributed by atoms with van der Waals surface area (Å²) in [5.41, 5.74) is 1.19. The number of carbonyl (C=O) groups is 1. The van der Waals surface area contributed by atoms with Crippen LogP contribution in [0.15, 0.2) is 64.8 Å². The molecule has 0 atom stereocenters. The second kappa shape index (κ2) is 9.46. The van der Waals surface area contributed by atoms with E-state index in [0.717, 1.165) is 5.56 Å². The van der Waals surface area contributed by atoms with Gasteiger partial charge in [0.15, 0.2) is 0 Å². The van der Waals surface area contributed by atoms with Crippen molar-refractivity contribution in [2.24, 2.45) is 0 Å². The highest BCUT2D eigenvalue weighted by atomic mass is 32.2. The molecule has 8 nitrogen and oxygen atoms in total. The van der Waals surface area contributed by atoms with E-state index in [0.29, 0.717) is 36.2 Å². The van der Waals surface area contributed by atoms with Crippen molar-refractivity contribution in [3.05, 3.63) is 81.7 Å². The van der Waals surface area contributed by atoms with E-state index >= 15 is 0 Å². The average molecular weight is 453 g/mol. The molecule has 2 aromatic carbocycles. The summed E-state index contributed by atoms with van der Waals surface area (Å²) >= 11 is 0. The number of hydrogen-bond acceptors (Lipinski definition) is 5. The fourth-order valence-corrected chi connectivity index (χ4v) is 4.82. The third-order valence-corrected chi connectivity index (χ3v) is 6.99. The van der Waals surface area contributed by atoms with E-state index in [4.69, 9.17) is 0 Å². The highest BCUT2D eigenvalue weighted by Crippen LogP contribution is 2.13. The van der Waals surface area contributed by atoms with Crippen molar-refractivity contribution in [3.63, 3.8) is 0 Å². The molecule has 1 aromatic heterocycles. The summed E-state index contributed by atoms with van der Waals surface area (Å²) in [6, 6.07) is 16.3. The second-order valence-electron chi connectivity index (χ2n) is 7.57. The first-order valence-corrected chi connectivity index (χ1v) is 11.9. The minimum absolute atomic E-state index is 0.0855. The number of nitrogens with zero attached hydrogens (tertiary/aromatic N) is 3. The Labute approximate surface area is 186 Å². The number of piperazine rings is 1. The molecule has 0 aliphatic carbocycles. The van der Waals surface area contributed by atoms with Gasteiger partial charge in [-0.15, -0.1) is 0 Å². The quantitative estimate of drug-likeness (QED) is 0.616. The van der Waals surface area contributed by atoms with Crippen LogP contribution in [0.4, 0.5) is 0 Å². The predicted octanol–water partition coefficient (Wildman–Crippen LogP) is 2.00. The molecule has 166 valence electrons. The Bertz CT molecular complexity index is 1290. The van der Waals surface area contributed by atoms with Crippen LogP contribution in [0.3, 0.4) is 0 Å². The third kappa shape index (κ3) is 5.12. The minimum atomic E-state index is -3.55. The van der Waals surface area contributed by atoms with Crippen molar-refractivity contribution in [2.45, 2.75) is 12.8 Å². The zero-order chi connectivity index (χ0) is 22.6. The average Bonchev–Trinajstić information content (AvgIpc) is 2.82. The van der Waals surface area contributed by atoms with E-state index in [1.807, 2.05) is 36.4 Å². The van der Waals surface area contributed by atoms with Gasteiger partial charge in [0.25, 0.3) is 5.56 Å². The molecule has 9 heteroatoms. The summed E-state index contributed by atoms with van der Waals surface area (Å²) in [6.07, 6.45) is 2.09. The minimum Gasteiger partial charge on any atom is -0.340 e. The highest BCUT2D eigenvalue weighted by molar-refractivity contribution is 7.92. The molecule has 1 saturated heterocycles. The zero-order valence-electron chi connectivity index (χ0n) is 17.5. The maximum absolute atomic E-state index is 12.6. The number of benzene rings is 2. The molecule has 1 N–H and O–H groups in total. The molecule has 3 aromatic rings. The summed E-state index contributed by atoms with van der Waals surface area (Å²) in [6.45, 7) is 1.16. The van der Waals surface area contributed by atoms with Gasteiger partial charge in [0.05, 0.1) is 10.9 Å². The second-order valence-corrected chi connectivity index (χ2v) is 9.39. The number of aryl methyl sites for hydroxylation is 1. The molecule has 1 aliphatic rings. The Hall–Kier alpha value is -3.30. The largest absolute Gasteiger partial charge is 0.340 e. The van der Waals surface area contributed by atoms with Crippen molar-refractivity contribution in [3.8, 4) is 0 Å². The fraction of sp³-hybridized carbons (Fsp3) is 0.261. The number of para-hydroxylation sites is 1. The van der Waals surface area contributed by atoms with Crippen LogP contribution < -0.4 is 5.56 Å². The Morgan fingerprint density at radius 1 is 1.00 bits per heavy atom. The van der Waals surface area contributed by atoms with E-state index in [1.165, 1.54) is 9.71 Å². The van der Waals surface area contributed by atoms with Gasteiger partial charge in [0, 0.05) is 44.4 Å². The summed E-state index contributed by atoms with van der Waals surface area (Å²) in [5, 5.41) is 1.72. The van der Waals surface area contributed by atoms with Gasteiger partial charge in [-0.3, -0.25) is 9.59 Å². The topological polar surface area (TPSA) is 103 Å². The summed E-state index contributed by atoms with van der Waals surface area (Å²) in [4.78, 5) is 33.6. The lowest BCUT2D eigenvalue weighted by Gasteiger charge is -2.33. The number of sulfonamides is 1. The number of fused-ring (bicyclic) bond motifs is 1. The van der Waals surface area contributed by atoms with Crippen LogP contribution >= 0.6 is 0 Å². The highest BCUT2D eigenvalue weighted by Gasteiger charge is 2.27. The van der Waals surface area contributed by atoms with Crippen LogP contribution in [0, 0.1) is 0 Å². The normalized spacial score (nSPS) is 15.4. The molecule has 1 aliphatic heterocycles. The van der Waals surface area contributed by atoms with E-state index in [2.05, 4.69) is 9.97 Å². The first kappa shape index (κ1) is 21.9. The van der Waals surface area contributed by atoms with Crippen LogP contribution in [-0.4, -0.2) is 59.7 Å². The van der Waals surface area contributed by atoms with Gasteiger partial charge in [0.1, 0.15) is 5.82 Å². The van der Waals surface area contributed by atoms with Crippen LogP contribution in [0.5, 0.6) is 0 Å². The zero-order valence-corrected chi connectivity index (χ0v) is 18.3. The Balaban J connectivity index is 1.32. The Kier molecular flexibility index (Phi) is 6.48. The molecule has 1 amide bonds. The van der Waals surface area contributed by atoms with Crippen molar-refractivity contribution >= 4 is 32.9 Å². The molecule has 0 spiro atoms. The van der Waals surface area contributed by atoms with Crippen molar-refractivity contribution < 1.29 is 13.2 Å². The maximum atomic E-state index is 12.6. The fourth-order valence-electron chi connectivity index (χ4n) is 3.64. The monoisotopic (exact) mass is 452 g/mol. The molecule has 4 rings (SSSR count). The van der Waals surface area contributed by atoms with Crippen molar-refractivity contribution in [2.75, 3.05) is 26.2 Å². The van der Waals surface area contributed by atoms with E-state index in [-0.39, 0.29) is 31.0 Å². The molecule has 0 bridgehead atoms. The molecule has 1 fully saturated rings. The lowest BCUT2D eigenvalue weighted by molar-refractivity contribution is -0.132. The molecule has 32 heavy (non-hydrogen) atoms. The summed E-state index contributed by atoms with van der Waals surface area (Å²) in [7, 11) is -3.55. The molecule has 0 radical (unpaired) electrons. The van der Waals surface area contributed by atoms with Gasteiger partial charge < -0.3 is 9.88 Å². The van der Waals surface area contributed by atoms with E-state index in [9.17, 15) is 18.0 Å². The molecule has 0 saturated carbocycles. The summed E-state index contributed by atoms with van der Waals surface area (Å²) in [5.74, 6) is 0.381. The van der Waals surface area contributed by atoms with Gasteiger partial charge in [-0.25, -0.2) is 13.4 Å². The van der Waals surface area contributed by atoms with Crippen LogP contribution in [-0.2, 0) is 21.2 Å². The number of aromatic nitrogens is 2. The number of hydrogen-bond donors (Lipinski definition) is 1. The number of H-pyrrole nitrogens is 1. The summed E-state index contributed by atoms with van der Waals surface area (Å²) < 4.78 is 26.5. The van der Waals surface area contributed by atoms with Crippen molar-refractivity contribution in [1.29, 1.82) is 0 Å². The van der Waals surface area contributed by atoms with Crippen LogP contribution in [0.25, 0.3) is 17.0 Å². The van der Waals surface area contributed by atoms with Gasteiger partial charge in [-0.1, -0.05) is 42.5 Å². The molecule has 2 heterocycles. The van der Waals surface area contributed by atoms with E-state index in [1.54, 1.807) is 29.2 Å². The molecular weight excluding hydrogens is 428 g/mol. The molecule has 0 unspecified atom stereocenters. The predicted molar refractivity (Wildman–Crippen MR) is 123 cm³/mol. The van der Waals surface area contributed by atoms with Crippen molar-refractivity contribution in [1.82, 2.24) is 19.2 Å². The Morgan fingerprint density at radius 3 is 2.44 bits per heavy atom. The first-order valence-electron chi connectivity index (χ1n) is 10.4. The number of nitrogens with one attached hydrogen (secondary N) is 1. The SMILES string of the molecule is O=C(CCc1nc2ccccc2c(=O)[nH]1)N1CCN(S(=O)(=O)/C=C/c2ccccc2)CC1. The lowest BCUT2D eigenvalue weighted by Crippen LogP contribution is -2.50. The van der Waals surface area contributed by atoms with Gasteiger partial charge in [-0.05, 0) is 23.8 Å². The number of carbonyl (C=O) groups excluding carboxylic acids is 1. The molecular formula is C23H24N4O4S. The van der Waals surface area contributed by atoms with Crippen LogP contribution in [0.1, 0.15) is 17.8 Å². The van der Waals surface area contributed by atoms with Crippen LogP contribution in [0.2, 0.25) is 0 Å². The number of aromatic amines is 1. The smallest absolute Gasteiger partial charge is 0.258 e. The Morgan fingerprint density at radius 2 is 1.69 bits per heavy atom. The van der Waals surface area contributed by atoms with Gasteiger partial charge >= 0.3 is 0 Å². The lowest BCUT2D eigenvalue weighted by atomic mass is 10.2. The van der Waals surface area contributed by atoms with E-state index < -0.39 is 10.0 Å². The number of rotatable bonds is 6. The first-order chi connectivity index (χ1) is 15.4. The standard InChI is InChI=1S/C23H24N4O4S/c28-22(11-10-21-24-20-9-5-4-8-19(20)23(29)25-21)26-13-15-27(16-14-26)32(30,31)17-12-18-6-2-1-3-7-18/h1-9,12,17H,10-11,13-16H2,(H,24,25,29)/b17-12+. The third-order valence-electron chi connectivity index (χ3n) is 5.42. The van der Waals surface area contributed by atoms with Gasteiger partial charge in [0.2, 0.25) is 15.9 Å². The number of amides is 1. The van der Waals surface area contributed by atoms with Gasteiger partial charge in [-0.2, -0.15) is 4.31 Å².